The number of likely N-dealkylation sites (tertiary alicyclic amines) is 1. The molecule has 1 saturated heterocycles. The van der Waals surface area contributed by atoms with Crippen LogP contribution in [0.15, 0.2) is 24.3 Å². The van der Waals surface area contributed by atoms with E-state index in [0.717, 1.165) is 45.2 Å². The lowest BCUT2D eigenvalue weighted by molar-refractivity contribution is -0.112. The Balaban J connectivity index is 1.63. The molecule has 0 N–H and O–H groups in total. The van der Waals surface area contributed by atoms with Gasteiger partial charge in [0.2, 0.25) is 0 Å². The first kappa shape index (κ1) is 14.0. The van der Waals surface area contributed by atoms with E-state index in [1.165, 1.54) is 12.1 Å². The van der Waals surface area contributed by atoms with Gasteiger partial charge in [-0.2, -0.15) is 0 Å². The SMILES string of the molecule is O=CC1CCCN(CCCOc2ccc(F)cc2)C1. The Morgan fingerprint density at radius 1 is 1.37 bits per heavy atom. The van der Waals surface area contributed by atoms with Gasteiger partial charge in [0.15, 0.2) is 0 Å². The smallest absolute Gasteiger partial charge is 0.124 e. The average molecular weight is 265 g/mol. The lowest BCUT2D eigenvalue weighted by Gasteiger charge is -2.29. The van der Waals surface area contributed by atoms with Crippen molar-refractivity contribution in [2.45, 2.75) is 19.3 Å². The molecule has 1 aliphatic rings. The summed E-state index contributed by atoms with van der Waals surface area (Å²) in [6, 6.07) is 6.07. The van der Waals surface area contributed by atoms with E-state index in [1.807, 2.05) is 0 Å². The van der Waals surface area contributed by atoms with Crippen molar-refractivity contribution >= 4 is 6.29 Å². The predicted molar refractivity (Wildman–Crippen MR) is 71.7 cm³/mol. The van der Waals surface area contributed by atoms with Crippen molar-refractivity contribution in [2.75, 3.05) is 26.2 Å². The van der Waals surface area contributed by atoms with Gasteiger partial charge in [-0.25, -0.2) is 4.39 Å². The standard InChI is InChI=1S/C15H20FNO2/c16-14-4-6-15(7-5-14)19-10-2-9-17-8-1-3-13(11-17)12-18/h4-7,12-13H,1-3,8-11H2. The number of nitrogens with zero attached hydrogens (tertiary/aromatic N) is 1. The minimum absolute atomic E-state index is 0.201. The first-order chi connectivity index (χ1) is 9.28. The summed E-state index contributed by atoms with van der Waals surface area (Å²) in [4.78, 5) is 13.1. The fourth-order valence-electron chi connectivity index (χ4n) is 2.41. The fraction of sp³-hybridized carbons (Fsp3) is 0.533. The molecule has 1 aromatic carbocycles. The zero-order chi connectivity index (χ0) is 13.5. The molecule has 1 fully saturated rings. The summed E-state index contributed by atoms with van der Waals surface area (Å²) in [5.41, 5.74) is 0. The van der Waals surface area contributed by atoms with Gasteiger partial charge in [-0.3, -0.25) is 0 Å². The largest absolute Gasteiger partial charge is 0.494 e. The number of piperidine rings is 1. The Hall–Kier alpha value is -1.42. The number of benzene rings is 1. The molecule has 1 atom stereocenters. The third kappa shape index (κ3) is 4.63. The van der Waals surface area contributed by atoms with Crippen LogP contribution in [-0.4, -0.2) is 37.4 Å². The zero-order valence-electron chi connectivity index (χ0n) is 11.1. The Morgan fingerprint density at radius 3 is 2.89 bits per heavy atom. The van der Waals surface area contributed by atoms with E-state index in [2.05, 4.69) is 4.90 Å². The van der Waals surface area contributed by atoms with Crippen LogP contribution >= 0.6 is 0 Å². The molecule has 104 valence electrons. The van der Waals surface area contributed by atoms with Gasteiger partial charge in [0.25, 0.3) is 0 Å². The Morgan fingerprint density at radius 2 is 2.16 bits per heavy atom. The number of aldehydes is 1. The lowest BCUT2D eigenvalue weighted by Crippen LogP contribution is -2.37. The van der Waals surface area contributed by atoms with Gasteiger partial charge >= 0.3 is 0 Å². The molecule has 1 unspecified atom stereocenters. The maximum Gasteiger partial charge on any atom is 0.124 e. The molecule has 1 aliphatic heterocycles. The number of halogens is 1. The van der Waals surface area contributed by atoms with Crippen LogP contribution in [0.25, 0.3) is 0 Å². The molecule has 0 radical (unpaired) electrons. The van der Waals surface area contributed by atoms with Gasteiger partial charge in [0.1, 0.15) is 17.9 Å². The monoisotopic (exact) mass is 265 g/mol. The number of hydrogen-bond acceptors (Lipinski definition) is 3. The molecular formula is C15H20FNO2. The van der Waals surface area contributed by atoms with Crippen molar-refractivity contribution in [2.24, 2.45) is 5.92 Å². The van der Waals surface area contributed by atoms with E-state index in [9.17, 15) is 9.18 Å². The molecule has 1 heterocycles. The second-order valence-electron chi connectivity index (χ2n) is 4.99. The minimum Gasteiger partial charge on any atom is -0.494 e. The molecule has 0 spiro atoms. The molecule has 0 bridgehead atoms. The molecule has 3 nitrogen and oxygen atoms in total. The van der Waals surface area contributed by atoms with Crippen molar-refractivity contribution in [3.8, 4) is 5.75 Å². The molecule has 0 saturated carbocycles. The zero-order valence-corrected chi connectivity index (χ0v) is 11.1. The maximum atomic E-state index is 12.7. The van der Waals surface area contributed by atoms with E-state index < -0.39 is 0 Å². The highest BCUT2D eigenvalue weighted by atomic mass is 19.1. The molecular weight excluding hydrogens is 245 g/mol. The van der Waals surface area contributed by atoms with Crippen LogP contribution in [0.5, 0.6) is 5.75 Å². The summed E-state index contributed by atoms with van der Waals surface area (Å²) in [6.45, 7) is 3.51. The van der Waals surface area contributed by atoms with Gasteiger partial charge in [0.05, 0.1) is 6.61 Å². The third-order valence-corrected chi connectivity index (χ3v) is 3.44. The number of hydrogen-bond donors (Lipinski definition) is 0. The van der Waals surface area contributed by atoms with Crippen LogP contribution in [0, 0.1) is 11.7 Å². The van der Waals surface area contributed by atoms with E-state index in [0.29, 0.717) is 12.4 Å². The summed E-state index contributed by atoms with van der Waals surface area (Å²) in [6.07, 6.45) is 4.11. The van der Waals surface area contributed by atoms with Crippen LogP contribution in [-0.2, 0) is 4.79 Å². The van der Waals surface area contributed by atoms with Gasteiger partial charge in [-0.05, 0) is 50.1 Å². The van der Waals surface area contributed by atoms with E-state index >= 15 is 0 Å². The number of carbonyl (C=O) groups is 1. The van der Waals surface area contributed by atoms with Crippen molar-refractivity contribution in [3.05, 3.63) is 30.1 Å². The van der Waals surface area contributed by atoms with Gasteiger partial charge in [-0.15, -0.1) is 0 Å². The molecule has 0 aromatic heterocycles. The summed E-state index contributed by atoms with van der Waals surface area (Å²) < 4.78 is 18.2. The average Bonchev–Trinajstić information content (AvgIpc) is 2.46. The summed E-state index contributed by atoms with van der Waals surface area (Å²) in [7, 11) is 0. The Bertz CT molecular complexity index is 394. The van der Waals surface area contributed by atoms with Crippen molar-refractivity contribution in [1.29, 1.82) is 0 Å². The van der Waals surface area contributed by atoms with Gasteiger partial charge < -0.3 is 14.4 Å². The Labute approximate surface area is 113 Å². The van der Waals surface area contributed by atoms with E-state index in [4.69, 9.17) is 4.74 Å². The maximum absolute atomic E-state index is 12.7. The first-order valence-corrected chi connectivity index (χ1v) is 6.84. The van der Waals surface area contributed by atoms with Crippen LogP contribution in [0.1, 0.15) is 19.3 Å². The van der Waals surface area contributed by atoms with Crippen LogP contribution in [0.2, 0.25) is 0 Å². The highest BCUT2D eigenvalue weighted by Gasteiger charge is 2.18. The highest BCUT2D eigenvalue weighted by molar-refractivity contribution is 5.53. The lowest BCUT2D eigenvalue weighted by atomic mass is 10.00. The normalized spacial score (nSPS) is 20.2. The van der Waals surface area contributed by atoms with Gasteiger partial charge in [0, 0.05) is 19.0 Å². The van der Waals surface area contributed by atoms with Crippen LogP contribution in [0.4, 0.5) is 4.39 Å². The molecule has 2 rings (SSSR count). The van der Waals surface area contributed by atoms with E-state index in [-0.39, 0.29) is 11.7 Å². The summed E-state index contributed by atoms with van der Waals surface area (Å²) in [5, 5.41) is 0. The van der Waals surface area contributed by atoms with Crippen molar-refractivity contribution in [3.63, 3.8) is 0 Å². The number of ether oxygens (including phenoxy) is 1. The minimum atomic E-state index is -0.249. The second-order valence-corrected chi connectivity index (χ2v) is 4.99. The van der Waals surface area contributed by atoms with Crippen LogP contribution < -0.4 is 4.74 Å². The van der Waals surface area contributed by atoms with Crippen LogP contribution in [0.3, 0.4) is 0 Å². The number of rotatable bonds is 6. The second kappa shape index (κ2) is 7.24. The van der Waals surface area contributed by atoms with Gasteiger partial charge in [-0.1, -0.05) is 0 Å². The summed E-state index contributed by atoms with van der Waals surface area (Å²) >= 11 is 0. The summed E-state index contributed by atoms with van der Waals surface area (Å²) in [5.74, 6) is 0.651. The highest BCUT2D eigenvalue weighted by Crippen LogP contribution is 2.15. The molecule has 4 heteroatoms. The van der Waals surface area contributed by atoms with Crippen molar-refractivity contribution in [1.82, 2.24) is 4.90 Å². The molecule has 19 heavy (non-hydrogen) atoms. The first-order valence-electron chi connectivity index (χ1n) is 6.84. The molecule has 0 aliphatic carbocycles. The third-order valence-electron chi connectivity index (χ3n) is 3.44. The number of carbonyl (C=O) groups excluding carboxylic acids is 1. The fourth-order valence-corrected chi connectivity index (χ4v) is 2.41. The Kier molecular flexibility index (Phi) is 5.33. The quantitative estimate of drug-likeness (QED) is 0.584. The predicted octanol–water partition coefficient (Wildman–Crippen LogP) is 2.51. The molecule has 1 aromatic rings. The molecule has 0 amide bonds. The van der Waals surface area contributed by atoms with Crippen molar-refractivity contribution < 1.29 is 13.9 Å². The topological polar surface area (TPSA) is 29.5 Å². The van der Waals surface area contributed by atoms with E-state index in [1.54, 1.807) is 12.1 Å².